The van der Waals surface area contributed by atoms with Crippen molar-refractivity contribution in [2.24, 2.45) is 0 Å². The van der Waals surface area contributed by atoms with E-state index in [2.05, 4.69) is 15.7 Å². The number of carbonyl (C=O) groups excluding carboxylic acids is 3. The van der Waals surface area contributed by atoms with Gasteiger partial charge in [-0.15, -0.1) is 0 Å². The number of hydrogen-bond donors (Lipinski definition) is 2. The second-order valence-electron chi connectivity index (χ2n) is 6.53. The van der Waals surface area contributed by atoms with E-state index in [9.17, 15) is 14.4 Å². The molecule has 0 atom stereocenters. The molecule has 0 unspecified atom stereocenters. The van der Waals surface area contributed by atoms with E-state index >= 15 is 0 Å². The van der Waals surface area contributed by atoms with Gasteiger partial charge in [-0.25, -0.2) is 9.59 Å². The van der Waals surface area contributed by atoms with Crippen molar-refractivity contribution in [1.82, 2.24) is 20.4 Å². The number of hydrogen-bond acceptors (Lipinski definition) is 5. The Balaban J connectivity index is 1.95. The smallest absolute Gasteiger partial charge is 0.342 e. The standard InChI is InChI=1S/C20H25ClN4O4/c1-4-5-10-22-20(28)23-17(26)12-29-19(27)18-13(2)24-25(14(18)3)11-15-8-6-7-9-16(15)21/h6-9H,4-5,10-12H2,1-3H3,(H2,22,23,26,28). The Morgan fingerprint density at radius 3 is 2.62 bits per heavy atom. The zero-order valence-electron chi connectivity index (χ0n) is 16.8. The Labute approximate surface area is 174 Å². The lowest BCUT2D eigenvalue weighted by Gasteiger charge is -2.08. The van der Waals surface area contributed by atoms with Crippen LogP contribution in [0.2, 0.25) is 5.02 Å². The van der Waals surface area contributed by atoms with Gasteiger partial charge in [-0.05, 0) is 31.9 Å². The molecule has 2 N–H and O–H groups in total. The maximum absolute atomic E-state index is 12.4. The third kappa shape index (κ3) is 6.32. The van der Waals surface area contributed by atoms with Gasteiger partial charge in [0.1, 0.15) is 5.56 Å². The highest BCUT2D eigenvalue weighted by molar-refractivity contribution is 6.31. The summed E-state index contributed by atoms with van der Waals surface area (Å²) < 4.78 is 6.72. The quantitative estimate of drug-likeness (QED) is 0.505. The summed E-state index contributed by atoms with van der Waals surface area (Å²) in [5, 5.41) is 9.65. The van der Waals surface area contributed by atoms with Gasteiger partial charge in [-0.2, -0.15) is 5.10 Å². The summed E-state index contributed by atoms with van der Waals surface area (Å²) >= 11 is 6.19. The van der Waals surface area contributed by atoms with Gasteiger partial charge in [0.2, 0.25) is 0 Å². The topological polar surface area (TPSA) is 102 Å². The minimum atomic E-state index is -0.703. The molecule has 156 valence electrons. The van der Waals surface area contributed by atoms with Gasteiger partial charge in [0.05, 0.1) is 17.9 Å². The molecule has 0 aliphatic heterocycles. The highest BCUT2D eigenvalue weighted by Crippen LogP contribution is 2.20. The summed E-state index contributed by atoms with van der Waals surface area (Å²) in [4.78, 5) is 35.8. The van der Waals surface area contributed by atoms with Crippen LogP contribution in [0.15, 0.2) is 24.3 Å². The first-order valence-corrected chi connectivity index (χ1v) is 9.73. The van der Waals surface area contributed by atoms with Crippen molar-refractivity contribution in [2.75, 3.05) is 13.2 Å². The molecule has 8 nitrogen and oxygen atoms in total. The Morgan fingerprint density at radius 1 is 1.21 bits per heavy atom. The minimum absolute atomic E-state index is 0.289. The number of amides is 3. The van der Waals surface area contributed by atoms with Crippen molar-refractivity contribution in [2.45, 2.75) is 40.2 Å². The van der Waals surface area contributed by atoms with Crippen molar-refractivity contribution < 1.29 is 19.1 Å². The number of ether oxygens (including phenoxy) is 1. The fraction of sp³-hybridized carbons (Fsp3) is 0.400. The largest absolute Gasteiger partial charge is 0.452 e. The fourth-order valence-corrected chi connectivity index (χ4v) is 2.92. The molecule has 29 heavy (non-hydrogen) atoms. The van der Waals surface area contributed by atoms with Gasteiger partial charge in [-0.1, -0.05) is 43.1 Å². The molecule has 0 radical (unpaired) electrons. The number of nitrogens with zero attached hydrogens (tertiary/aromatic N) is 2. The van der Waals surface area contributed by atoms with Crippen molar-refractivity contribution in [3.05, 3.63) is 51.8 Å². The molecule has 9 heteroatoms. The lowest BCUT2D eigenvalue weighted by Crippen LogP contribution is -2.41. The van der Waals surface area contributed by atoms with E-state index in [1.54, 1.807) is 24.6 Å². The van der Waals surface area contributed by atoms with E-state index in [-0.39, 0.29) is 5.56 Å². The third-order valence-electron chi connectivity index (χ3n) is 4.27. The summed E-state index contributed by atoms with van der Waals surface area (Å²) in [5.74, 6) is -1.38. The Hall–Kier alpha value is -2.87. The lowest BCUT2D eigenvalue weighted by molar-refractivity contribution is -0.123. The molecule has 2 rings (SSSR count). The van der Waals surface area contributed by atoms with E-state index in [0.717, 1.165) is 18.4 Å². The van der Waals surface area contributed by atoms with Crippen molar-refractivity contribution in [3.8, 4) is 0 Å². The maximum atomic E-state index is 12.4. The van der Waals surface area contributed by atoms with Crippen molar-refractivity contribution in [3.63, 3.8) is 0 Å². The van der Waals surface area contributed by atoms with Crippen molar-refractivity contribution >= 4 is 29.5 Å². The van der Waals surface area contributed by atoms with E-state index < -0.39 is 24.5 Å². The third-order valence-corrected chi connectivity index (χ3v) is 4.64. The predicted molar refractivity (Wildman–Crippen MR) is 109 cm³/mol. The van der Waals surface area contributed by atoms with E-state index in [4.69, 9.17) is 16.3 Å². The van der Waals surface area contributed by atoms with Gasteiger partial charge in [0.15, 0.2) is 6.61 Å². The summed E-state index contributed by atoms with van der Waals surface area (Å²) in [6.45, 7) is 5.73. The summed E-state index contributed by atoms with van der Waals surface area (Å²) in [5.41, 5.74) is 2.24. The molecule has 0 saturated heterocycles. The Kier molecular flexibility index (Phi) is 8.21. The number of aromatic nitrogens is 2. The monoisotopic (exact) mass is 420 g/mol. The number of benzene rings is 1. The highest BCUT2D eigenvalue weighted by atomic mass is 35.5. The number of halogens is 1. The van der Waals surface area contributed by atoms with Crippen LogP contribution in [0.4, 0.5) is 4.79 Å². The average molecular weight is 421 g/mol. The molecule has 0 fully saturated rings. The number of rotatable bonds is 8. The number of nitrogens with one attached hydrogen (secondary N) is 2. The number of esters is 1. The van der Waals surface area contributed by atoms with E-state index in [1.807, 2.05) is 25.1 Å². The molecule has 1 aromatic heterocycles. The van der Waals surface area contributed by atoms with Crippen LogP contribution in [-0.4, -0.2) is 40.8 Å². The molecule has 0 saturated carbocycles. The second kappa shape index (κ2) is 10.6. The normalized spacial score (nSPS) is 10.5. The van der Waals surface area contributed by atoms with Gasteiger partial charge in [-0.3, -0.25) is 14.8 Å². The van der Waals surface area contributed by atoms with Gasteiger partial charge < -0.3 is 10.1 Å². The maximum Gasteiger partial charge on any atom is 0.342 e. The van der Waals surface area contributed by atoms with Crippen LogP contribution in [0.5, 0.6) is 0 Å². The first kappa shape index (κ1) is 22.4. The summed E-state index contributed by atoms with van der Waals surface area (Å²) in [7, 11) is 0. The number of carbonyl (C=O) groups is 3. The molecular weight excluding hydrogens is 396 g/mol. The zero-order valence-corrected chi connectivity index (χ0v) is 17.5. The molecule has 1 aromatic carbocycles. The van der Waals surface area contributed by atoms with Crippen LogP contribution < -0.4 is 10.6 Å². The molecule has 0 aliphatic rings. The molecular formula is C20H25ClN4O4. The summed E-state index contributed by atoms with van der Waals surface area (Å²) in [6, 6.07) is 6.77. The number of urea groups is 1. The zero-order chi connectivity index (χ0) is 21.4. The van der Waals surface area contributed by atoms with Crippen LogP contribution in [0, 0.1) is 13.8 Å². The first-order valence-electron chi connectivity index (χ1n) is 9.35. The van der Waals surface area contributed by atoms with Crippen LogP contribution in [0.1, 0.15) is 47.1 Å². The first-order chi connectivity index (χ1) is 13.8. The minimum Gasteiger partial charge on any atom is -0.452 e. The molecule has 3 amide bonds. The van der Waals surface area contributed by atoms with Crippen LogP contribution in [0.25, 0.3) is 0 Å². The van der Waals surface area contributed by atoms with Crippen LogP contribution in [-0.2, 0) is 16.1 Å². The van der Waals surface area contributed by atoms with E-state index in [0.29, 0.717) is 29.5 Å². The van der Waals surface area contributed by atoms with Crippen molar-refractivity contribution in [1.29, 1.82) is 0 Å². The molecule has 2 aromatic rings. The molecule has 0 bridgehead atoms. The number of aryl methyl sites for hydroxylation is 1. The van der Waals surface area contributed by atoms with Gasteiger partial charge >= 0.3 is 12.0 Å². The SMILES string of the molecule is CCCCNC(=O)NC(=O)COC(=O)c1c(C)nn(Cc2ccccc2Cl)c1C. The predicted octanol–water partition coefficient (Wildman–Crippen LogP) is 2.98. The number of imide groups is 1. The van der Waals surface area contributed by atoms with E-state index in [1.165, 1.54) is 0 Å². The number of unbranched alkanes of at least 4 members (excludes halogenated alkanes) is 1. The van der Waals surface area contributed by atoms with Crippen LogP contribution in [0.3, 0.4) is 0 Å². The Morgan fingerprint density at radius 2 is 1.93 bits per heavy atom. The Bertz CT molecular complexity index is 895. The molecule has 1 heterocycles. The fourth-order valence-electron chi connectivity index (χ4n) is 2.72. The highest BCUT2D eigenvalue weighted by Gasteiger charge is 2.21. The lowest BCUT2D eigenvalue weighted by atomic mass is 10.2. The van der Waals surface area contributed by atoms with Gasteiger partial charge in [0, 0.05) is 11.6 Å². The van der Waals surface area contributed by atoms with Crippen LogP contribution >= 0.6 is 11.6 Å². The molecule has 0 spiro atoms. The molecule has 0 aliphatic carbocycles. The average Bonchev–Trinajstić information content (AvgIpc) is 2.95. The second-order valence-corrected chi connectivity index (χ2v) is 6.94. The van der Waals surface area contributed by atoms with Gasteiger partial charge in [0.25, 0.3) is 5.91 Å². The summed E-state index contributed by atoms with van der Waals surface area (Å²) in [6.07, 6.45) is 1.74.